The molecule has 2 aliphatic carbocycles. The fourth-order valence-corrected chi connectivity index (χ4v) is 6.05. The third-order valence-corrected chi connectivity index (χ3v) is 8.13. The van der Waals surface area contributed by atoms with Crippen molar-refractivity contribution in [3.63, 3.8) is 0 Å². The maximum absolute atomic E-state index is 11.8. The quantitative estimate of drug-likeness (QED) is 0.501. The molecule has 3 aliphatic rings. The van der Waals surface area contributed by atoms with E-state index < -0.39 is 11.7 Å². The van der Waals surface area contributed by atoms with Gasteiger partial charge in [0, 0.05) is 58.1 Å². The number of carbonyl (C=O) groups is 1. The van der Waals surface area contributed by atoms with Crippen LogP contribution in [0.15, 0.2) is 23.8 Å². The highest BCUT2D eigenvalue weighted by atomic mass is 16.5. The Kier molecular flexibility index (Phi) is 7.48. The normalized spacial score (nSPS) is 33.0. The first-order valence-electron chi connectivity index (χ1n) is 12.5. The van der Waals surface area contributed by atoms with Crippen molar-refractivity contribution in [1.29, 1.82) is 0 Å². The van der Waals surface area contributed by atoms with E-state index in [4.69, 9.17) is 9.47 Å². The second kappa shape index (κ2) is 10.2. The molecule has 1 aromatic heterocycles. The monoisotopic (exact) mass is 471 g/mol. The lowest BCUT2D eigenvalue weighted by atomic mass is 9.57. The number of rotatable bonds is 6. The molecule has 187 valence electrons. The lowest BCUT2D eigenvalue weighted by molar-refractivity contribution is -0.148. The number of carbonyl (C=O) groups excluding carboxylic acids is 1. The molecule has 0 bridgehead atoms. The van der Waals surface area contributed by atoms with E-state index in [9.17, 15) is 9.90 Å². The van der Waals surface area contributed by atoms with E-state index >= 15 is 0 Å². The number of aromatic nitrogens is 2. The molecule has 2 heterocycles. The Morgan fingerprint density at radius 1 is 1.24 bits per heavy atom. The second-order valence-electron chi connectivity index (χ2n) is 10.4. The molecular weight excluding hydrogens is 432 g/mol. The molecule has 4 rings (SSSR count). The Hall–Kier alpha value is -2.19. The number of hydrogen-bond donors (Lipinski definition) is 1. The summed E-state index contributed by atoms with van der Waals surface area (Å²) in [7, 11) is 1.60. The van der Waals surface area contributed by atoms with E-state index in [0.29, 0.717) is 17.7 Å². The average Bonchev–Trinajstić information content (AvgIpc) is 2.81. The second-order valence-corrected chi connectivity index (χ2v) is 10.4. The van der Waals surface area contributed by atoms with Gasteiger partial charge in [-0.25, -0.2) is 0 Å². The molecular formula is C26H39N4O4. The average molecular weight is 472 g/mol. The number of hydrogen-bond acceptors (Lipinski definition) is 8. The van der Waals surface area contributed by atoms with Crippen molar-refractivity contribution in [2.45, 2.75) is 52.2 Å². The molecule has 1 radical (unpaired) electrons. The van der Waals surface area contributed by atoms with Gasteiger partial charge in [0.1, 0.15) is 6.10 Å². The van der Waals surface area contributed by atoms with Gasteiger partial charge in [-0.05, 0) is 49.2 Å². The SMILES string of the molecule is COc1ccc(N2CCN(CC(C)[C@@H]3CC[C@@H](C)[C@]4(O)[CH][C@@H](OC(C)=O)C(C)=C[C@H]34)CC2)nn1. The van der Waals surface area contributed by atoms with Crippen LogP contribution in [0.3, 0.4) is 0 Å². The van der Waals surface area contributed by atoms with Crippen molar-refractivity contribution in [3.8, 4) is 5.88 Å². The Morgan fingerprint density at radius 2 is 1.97 bits per heavy atom. The van der Waals surface area contributed by atoms with Gasteiger partial charge in [0.2, 0.25) is 5.88 Å². The van der Waals surface area contributed by atoms with Crippen LogP contribution in [0, 0.1) is 30.1 Å². The van der Waals surface area contributed by atoms with Crippen LogP contribution in [0.4, 0.5) is 5.82 Å². The van der Waals surface area contributed by atoms with Gasteiger partial charge < -0.3 is 19.5 Å². The standard InChI is InChI=1S/C26H39N4O4/c1-17-14-22-21(7-6-19(3)26(22,32)15-23(17)34-20(4)31)18(2)16-29-10-12-30(13-11-29)24-8-9-25(33-5)28-27-24/h8-9,14-15,18-19,21-23,32H,6-7,10-13,16H2,1-5H3/t18?,19-,21+,22-,23-,26-/m1/s1. The minimum atomic E-state index is -0.942. The fraction of sp³-hybridized carbons (Fsp3) is 0.692. The summed E-state index contributed by atoms with van der Waals surface area (Å²) in [5.41, 5.74) is 0.0770. The Balaban J connectivity index is 1.38. The van der Waals surface area contributed by atoms with Gasteiger partial charge in [0.05, 0.1) is 12.7 Å². The predicted molar refractivity (Wildman–Crippen MR) is 130 cm³/mol. The summed E-state index contributed by atoms with van der Waals surface area (Å²) >= 11 is 0. The van der Waals surface area contributed by atoms with Crippen LogP contribution in [-0.2, 0) is 9.53 Å². The lowest BCUT2D eigenvalue weighted by Crippen LogP contribution is -2.57. The largest absolute Gasteiger partial charge is 0.480 e. The predicted octanol–water partition coefficient (Wildman–Crippen LogP) is 2.73. The zero-order valence-corrected chi connectivity index (χ0v) is 21.1. The van der Waals surface area contributed by atoms with E-state index in [1.807, 2.05) is 25.5 Å². The Labute approximate surface area is 203 Å². The van der Waals surface area contributed by atoms with Gasteiger partial charge >= 0.3 is 5.97 Å². The summed E-state index contributed by atoms with van der Waals surface area (Å²) in [4.78, 5) is 16.4. The fourth-order valence-electron chi connectivity index (χ4n) is 6.05. The van der Waals surface area contributed by atoms with Crippen molar-refractivity contribution in [2.24, 2.45) is 23.7 Å². The van der Waals surface area contributed by atoms with E-state index in [2.05, 4.69) is 39.9 Å². The highest BCUT2D eigenvalue weighted by Gasteiger charge is 2.53. The van der Waals surface area contributed by atoms with Crippen molar-refractivity contribution < 1.29 is 19.4 Å². The molecule has 1 aliphatic heterocycles. The molecule has 0 aromatic carbocycles. The van der Waals surface area contributed by atoms with Crippen LogP contribution in [0.1, 0.15) is 40.5 Å². The van der Waals surface area contributed by atoms with Gasteiger partial charge in [0.25, 0.3) is 0 Å². The van der Waals surface area contributed by atoms with Gasteiger partial charge in [-0.3, -0.25) is 9.69 Å². The number of aliphatic hydroxyl groups is 1. The highest BCUT2D eigenvalue weighted by molar-refractivity contribution is 5.66. The molecule has 2 fully saturated rings. The molecule has 1 N–H and O–H groups in total. The lowest BCUT2D eigenvalue weighted by Gasteiger charge is -2.53. The number of anilines is 1. The van der Waals surface area contributed by atoms with E-state index in [0.717, 1.165) is 57.0 Å². The number of ether oxygens (including phenoxy) is 2. The van der Waals surface area contributed by atoms with Crippen molar-refractivity contribution in [1.82, 2.24) is 15.1 Å². The van der Waals surface area contributed by atoms with E-state index in [1.165, 1.54) is 6.92 Å². The first-order chi connectivity index (χ1) is 16.2. The molecule has 8 nitrogen and oxygen atoms in total. The summed E-state index contributed by atoms with van der Waals surface area (Å²) in [5.74, 6) is 2.12. The highest BCUT2D eigenvalue weighted by Crippen LogP contribution is 2.50. The van der Waals surface area contributed by atoms with E-state index in [1.54, 1.807) is 7.11 Å². The summed E-state index contributed by atoms with van der Waals surface area (Å²) in [6.07, 6.45) is 5.72. The molecule has 1 saturated heterocycles. The molecule has 0 spiro atoms. The molecule has 0 amide bonds. The Morgan fingerprint density at radius 3 is 2.59 bits per heavy atom. The van der Waals surface area contributed by atoms with Gasteiger partial charge in [-0.15, -0.1) is 10.2 Å². The molecule has 6 atom stereocenters. The molecule has 1 saturated carbocycles. The molecule has 1 unspecified atom stereocenters. The minimum absolute atomic E-state index is 0.0499. The Bertz CT molecular complexity index is 883. The van der Waals surface area contributed by atoms with E-state index in [-0.39, 0.29) is 17.8 Å². The molecule has 1 aromatic rings. The number of nitrogens with zero attached hydrogens (tertiary/aromatic N) is 4. The number of fused-ring (bicyclic) bond motifs is 1. The summed E-state index contributed by atoms with van der Waals surface area (Å²) < 4.78 is 10.6. The van der Waals surface area contributed by atoms with Crippen LogP contribution >= 0.6 is 0 Å². The van der Waals surface area contributed by atoms with Crippen LogP contribution in [0.2, 0.25) is 0 Å². The molecule has 34 heavy (non-hydrogen) atoms. The summed E-state index contributed by atoms with van der Waals surface area (Å²) in [6.45, 7) is 12.7. The maximum atomic E-state index is 11.8. The van der Waals surface area contributed by atoms with Crippen LogP contribution < -0.4 is 9.64 Å². The van der Waals surface area contributed by atoms with Crippen molar-refractivity contribution in [2.75, 3.05) is 44.7 Å². The topological polar surface area (TPSA) is 88.0 Å². The van der Waals surface area contributed by atoms with Gasteiger partial charge in [0.15, 0.2) is 5.82 Å². The summed E-state index contributed by atoms with van der Waals surface area (Å²) in [5, 5.41) is 20.1. The zero-order chi connectivity index (χ0) is 24.5. The zero-order valence-electron chi connectivity index (χ0n) is 21.1. The van der Waals surface area contributed by atoms with Gasteiger partial charge in [-0.2, -0.15) is 0 Å². The molecule has 8 heteroatoms. The number of esters is 1. The first kappa shape index (κ1) is 24.9. The third kappa shape index (κ3) is 5.08. The van der Waals surface area contributed by atoms with Crippen molar-refractivity contribution in [3.05, 3.63) is 30.2 Å². The number of piperazine rings is 1. The number of methoxy groups -OCH3 is 1. The first-order valence-corrected chi connectivity index (χ1v) is 12.5. The van der Waals surface area contributed by atoms with Crippen LogP contribution in [-0.4, -0.2) is 77.7 Å². The van der Waals surface area contributed by atoms with Gasteiger partial charge in [-0.1, -0.05) is 19.9 Å². The smallest absolute Gasteiger partial charge is 0.303 e. The van der Waals surface area contributed by atoms with Crippen LogP contribution in [0.5, 0.6) is 5.88 Å². The third-order valence-electron chi connectivity index (χ3n) is 8.13. The maximum Gasteiger partial charge on any atom is 0.303 e. The van der Waals surface area contributed by atoms with Crippen molar-refractivity contribution >= 4 is 11.8 Å². The summed E-state index contributed by atoms with van der Waals surface area (Å²) in [6, 6.07) is 3.82. The minimum Gasteiger partial charge on any atom is -0.480 e. The van der Waals surface area contributed by atoms with Crippen LogP contribution in [0.25, 0.3) is 0 Å².